The number of carbonyl (C=O) groups excluding carboxylic acids is 2. The third-order valence-corrected chi connectivity index (χ3v) is 5.99. The van der Waals surface area contributed by atoms with Gasteiger partial charge in [-0.2, -0.15) is 0 Å². The van der Waals surface area contributed by atoms with Crippen molar-refractivity contribution in [3.05, 3.63) is 65.5 Å². The summed E-state index contributed by atoms with van der Waals surface area (Å²) in [4.78, 5) is 27.4. The summed E-state index contributed by atoms with van der Waals surface area (Å²) in [5.41, 5.74) is 1.55. The summed E-state index contributed by atoms with van der Waals surface area (Å²) in [6.07, 6.45) is 4.89. The molecule has 0 spiro atoms. The van der Waals surface area contributed by atoms with Crippen LogP contribution >= 0.6 is 0 Å². The minimum Gasteiger partial charge on any atom is -0.494 e. The van der Waals surface area contributed by atoms with E-state index < -0.39 is 6.04 Å². The molecule has 2 amide bonds. The number of ether oxygens (including phenoxy) is 1. The smallest absolute Gasteiger partial charge is 0.242 e. The molecule has 32 heavy (non-hydrogen) atoms. The van der Waals surface area contributed by atoms with Crippen molar-refractivity contribution < 1.29 is 18.7 Å². The highest BCUT2D eigenvalue weighted by Gasteiger charge is 2.28. The summed E-state index contributed by atoms with van der Waals surface area (Å²) >= 11 is 0. The van der Waals surface area contributed by atoms with Crippen LogP contribution in [0, 0.1) is 12.7 Å². The Labute approximate surface area is 190 Å². The molecule has 1 N–H and O–H groups in total. The second-order valence-electron chi connectivity index (χ2n) is 8.54. The van der Waals surface area contributed by atoms with E-state index in [1.807, 2.05) is 31.2 Å². The molecular formula is C26H33FN2O3. The van der Waals surface area contributed by atoms with E-state index in [4.69, 9.17) is 4.74 Å². The molecule has 2 aromatic carbocycles. The van der Waals surface area contributed by atoms with Crippen LogP contribution in [0.3, 0.4) is 0 Å². The highest BCUT2D eigenvalue weighted by molar-refractivity contribution is 5.87. The first-order chi connectivity index (χ1) is 15.4. The SMILES string of the molecule is Cc1ccc(OCCCC(=O)N(Cc2ccccc2F)C(C)C(=O)NC2CCCC2)cc1. The Balaban J connectivity index is 1.60. The quantitative estimate of drug-likeness (QED) is 0.542. The van der Waals surface area contributed by atoms with Crippen LogP contribution in [-0.2, 0) is 16.1 Å². The monoisotopic (exact) mass is 440 g/mol. The highest BCUT2D eigenvalue weighted by atomic mass is 19.1. The van der Waals surface area contributed by atoms with Gasteiger partial charge in [0, 0.05) is 24.6 Å². The number of aryl methyl sites for hydroxylation is 1. The molecule has 1 fully saturated rings. The number of hydrogen-bond donors (Lipinski definition) is 1. The Kier molecular flexibility index (Phi) is 8.65. The maximum Gasteiger partial charge on any atom is 0.242 e. The van der Waals surface area contributed by atoms with Gasteiger partial charge in [-0.25, -0.2) is 4.39 Å². The van der Waals surface area contributed by atoms with Crippen molar-refractivity contribution in [2.45, 2.75) is 71.0 Å². The summed E-state index contributed by atoms with van der Waals surface area (Å²) in [7, 11) is 0. The lowest BCUT2D eigenvalue weighted by Crippen LogP contribution is -2.49. The minimum atomic E-state index is -0.680. The largest absolute Gasteiger partial charge is 0.494 e. The summed E-state index contributed by atoms with van der Waals surface area (Å²) in [5.74, 6) is 0.0132. The highest BCUT2D eigenvalue weighted by Crippen LogP contribution is 2.19. The Morgan fingerprint density at radius 3 is 2.50 bits per heavy atom. The summed E-state index contributed by atoms with van der Waals surface area (Å²) in [5, 5.41) is 3.06. The number of hydrogen-bond acceptors (Lipinski definition) is 3. The number of carbonyl (C=O) groups is 2. The van der Waals surface area contributed by atoms with Gasteiger partial charge in [0.2, 0.25) is 11.8 Å². The van der Waals surface area contributed by atoms with Gasteiger partial charge >= 0.3 is 0 Å². The Morgan fingerprint density at radius 2 is 1.81 bits per heavy atom. The van der Waals surface area contributed by atoms with Gasteiger partial charge in [0.05, 0.1) is 6.61 Å². The molecule has 0 heterocycles. The van der Waals surface area contributed by atoms with E-state index in [0.29, 0.717) is 18.6 Å². The van der Waals surface area contributed by atoms with Crippen molar-refractivity contribution in [1.29, 1.82) is 0 Å². The molecule has 1 unspecified atom stereocenters. The van der Waals surface area contributed by atoms with Crippen LogP contribution < -0.4 is 10.1 Å². The van der Waals surface area contributed by atoms with Crippen LogP contribution in [-0.4, -0.2) is 35.4 Å². The van der Waals surface area contributed by atoms with Gasteiger partial charge in [-0.3, -0.25) is 9.59 Å². The average Bonchev–Trinajstić information content (AvgIpc) is 3.30. The molecule has 0 radical (unpaired) electrons. The van der Waals surface area contributed by atoms with E-state index in [-0.39, 0.29) is 36.6 Å². The molecule has 1 saturated carbocycles. The molecule has 3 rings (SSSR count). The summed E-state index contributed by atoms with van der Waals surface area (Å²) in [6, 6.07) is 13.6. The summed E-state index contributed by atoms with van der Waals surface area (Å²) < 4.78 is 20.0. The molecule has 0 bridgehead atoms. The lowest BCUT2D eigenvalue weighted by molar-refractivity contribution is -0.141. The van der Waals surface area contributed by atoms with Crippen molar-refractivity contribution in [2.75, 3.05) is 6.61 Å². The second-order valence-corrected chi connectivity index (χ2v) is 8.54. The van der Waals surface area contributed by atoms with Gasteiger partial charge in [0.15, 0.2) is 0 Å². The first-order valence-corrected chi connectivity index (χ1v) is 11.5. The maximum atomic E-state index is 14.3. The van der Waals surface area contributed by atoms with Gasteiger partial charge in [-0.15, -0.1) is 0 Å². The van der Waals surface area contributed by atoms with Crippen LogP contribution in [0.25, 0.3) is 0 Å². The third kappa shape index (κ3) is 6.81. The number of benzene rings is 2. The Bertz CT molecular complexity index is 894. The fourth-order valence-corrected chi connectivity index (χ4v) is 3.98. The minimum absolute atomic E-state index is 0.0591. The molecule has 6 heteroatoms. The van der Waals surface area contributed by atoms with E-state index >= 15 is 0 Å². The molecule has 1 atom stereocenters. The molecular weight excluding hydrogens is 407 g/mol. The number of nitrogens with zero attached hydrogens (tertiary/aromatic N) is 1. The van der Waals surface area contributed by atoms with Gasteiger partial charge in [-0.05, 0) is 51.3 Å². The zero-order chi connectivity index (χ0) is 22.9. The van der Waals surface area contributed by atoms with Crippen molar-refractivity contribution in [1.82, 2.24) is 10.2 Å². The van der Waals surface area contributed by atoms with E-state index in [0.717, 1.165) is 37.0 Å². The van der Waals surface area contributed by atoms with E-state index in [1.165, 1.54) is 11.0 Å². The molecule has 2 aromatic rings. The first-order valence-electron chi connectivity index (χ1n) is 11.5. The fraction of sp³-hybridized carbons (Fsp3) is 0.462. The van der Waals surface area contributed by atoms with Crippen LogP contribution in [0.4, 0.5) is 4.39 Å². The number of halogens is 1. The van der Waals surface area contributed by atoms with Crippen molar-refractivity contribution in [3.63, 3.8) is 0 Å². The van der Waals surface area contributed by atoms with E-state index in [9.17, 15) is 14.0 Å². The van der Waals surface area contributed by atoms with Crippen molar-refractivity contribution >= 4 is 11.8 Å². The predicted octanol–water partition coefficient (Wildman–Crippen LogP) is 4.77. The van der Waals surface area contributed by atoms with Gasteiger partial charge in [0.1, 0.15) is 17.6 Å². The Morgan fingerprint density at radius 1 is 1.12 bits per heavy atom. The molecule has 1 aliphatic carbocycles. The van der Waals surface area contributed by atoms with Crippen LogP contribution in [0.1, 0.15) is 56.6 Å². The third-order valence-electron chi connectivity index (χ3n) is 5.99. The summed E-state index contributed by atoms with van der Waals surface area (Å²) in [6.45, 7) is 4.18. The van der Waals surface area contributed by atoms with Crippen LogP contribution in [0.2, 0.25) is 0 Å². The topological polar surface area (TPSA) is 58.6 Å². The molecule has 0 saturated heterocycles. The first kappa shape index (κ1) is 23.8. The lowest BCUT2D eigenvalue weighted by atomic mass is 10.1. The lowest BCUT2D eigenvalue weighted by Gasteiger charge is -2.30. The zero-order valence-electron chi connectivity index (χ0n) is 19.0. The fourth-order valence-electron chi connectivity index (χ4n) is 3.98. The average molecular weight is 441 g/mol. The molecule has 0 aliphatic heterocycles. The van der Waals surface area contributed by atoms with E-state index in [1.54, 1.807) is 25.1 Å². The molecule has 172 valence electrons. The molecule has 5 nitrogen and oxygen atoms in total. The molecule has 0 aromatic heterocycles. The van der Waals surface area contributed by atoms with Gasteiger partial charge in [0.25, 0.3) is 0 Å². The Hall–Kier alpha value is -2.89. The second kappa shape index (κ2) is 11.7. The van der Waals surface area contributed by atoms with Gasteiger partial charge in [-0.1, -0.05) is 48.7 Å². The predicted molar refractivity (Wildman–Crippen MR) is 123 cm³/mol. The van der Waals surface area contributed by atoms with Crippen molar-refractivity contribution in [3.8, 4) is 5.75 Å². The van der Waals surface area contributed by atoms with Crippen LogP contribution in [0.15, 0.2) is 48.5 Å². The number of amides is 2. The number of rotatable bonds is 10. The normalized spacial score (nSPS) is 14.7. The van der Waals surface area contributed by atoms with Crippen LogP contribution in [0.5, 0.6) is 5.75 Å². The van der Waals surface area contributed by atoms with E-state index in [2.05, 4.69) is 5.32 Å². The standard InChI is InChI=1S/C26H33FN2O3/c1-19-13-15-23(16-14-19)32-17-7-12-25(30)29(18-21-8-3-6-11-24(21)27)20(2)26(31)28-22-9-4-5-10-22/h3,6,8,11,13-16,20,22H,4-5,7,9-10,12,17-18H2,1-2H3,(H,28,31). The zero-order valence-corrected chi connectivity index (χ0v) is 19.0. The number of nitrogens with one attached hydrogen (secondary N) is 1. The van der Waals surface area contributed by atoms with Gasteiger partial charge < -0.3 is 15.0 Å². The molecule has 1 aliphatic rings. The maximum absolute atomic E-state index is 14.3. The van der Waals surface area contributed by atoms with Crippen molar-refractivity contribution in [2.24, 2.45) is 0 Å².